The van der Waals surface area contributed by atoms with Gasteiger partial charge >= 0.3 is 0 Å². The largest absolute Gasteiger partial charge is 0.496 e. The zero-order chi connectivity index (χ0) is 17.2. The van der Waals surface area contributed by atoms with E-state index in [2.05, 4.69) is 38.1 Å². The van der Waals surface area contributed by atoms with E-state index in [9.17, 15) is 0 Å². The van der Waals surface area contributed by atoms with E-state index in [1.807, 2.05) is 37.3 Å². The van der Waals surface area contributed by atoms with Crippen LogP contribution >= 0.6 is 0 Å². The molecule has 1 unspecified atom stereocenters. The molecule has 0 bridgehead atoms. The van der Waals surface area contributed by atoms with Crippen molar-refractivity contribution in [3.05, 3.63) is 60.1 Å². The van der Waals surface area contributed by atoms with Gasteiger partial charge in [-0.2, -0.15) is 15.2 Å². The fourth-order valence-electron chi connectivity index (χ4n) is 2.93. The molecular formula is C18H18N6O. The Balaban J connectivity index is 1.65. The number of fused-ring (bicyclic) bond motifs is 2. The molecule has 7 nitrogen and oxygen atoms in total. The molecule has 1 aliphatic heterocycles. The van der Waals surface area contributed by atoms with Gasteiger partial charge in [0.25, 0.3) is 0 Å². The fraction of sp³-hybridized carbons (Fsp3) is 0.167. The van der Waals surface area contributed by atoms with Crippen LogP contribution in [0.1, 0.15) is 18.7 Å². The first-order valence-electron chi connectivity index (χ1n) is 7.95. The maximum Gasteiger partial charge on any atom is 0.227 e. The van der Waals surface area contributed by atoms with Crippen molar-refractivity contribution in [1.29, 1.82) is 0 Å². The molecule has 4 rings (SSSR count). The molecule has 1 atom stereocenters. The zero-order valence-electron chi connectivity index (χ0n) is 14.0. The molecular weight excluding hydrogens is 316 g/mol. The first-order valence-corrected chi connectivity index (χ1v) is 7.95. The van der Waals surface area contributed by atoms with E-state index in [0.717, 1.165) is 27.8 Å². The van der Waals surface area contributed by atoms with Gasteiger partial charge in [-0.05, 0) is 29.8 Å². The highest BCUT2D eigenvalue weighted by Crippen LogP contribution is 2.26. The highest BCUT2D eigenvalue weighted by molar-refractivity contribution is 6.02. The Labute approximate surface area is 145 Å². The number of ether oxygens (including phenoxy) is 1. The summed E-state index contributed by atoms with van der Waals surface area (Å²) in [5.41, 5.74) is 5.05. The normalized spacial score (nSPS) is 16.4. The minimum absolute atomic E-state index is 0.198. The molecule has 0 saturated carbocycles. The molecule has 0 radical (unpaired) electrons. The van der Waals surface area contributed by atoms with Crippen molar-refractivity contribution in [1.82, 2.24) is 20.2 Å². The van der Waals surface area contributed by atoms with Crippen LogP contribution in [-0.4, -0.2) is 28.1 Å². The molecule has 0 saturated heterocycles. The van der Waals surface area contributed by atoms with Gasteiger partial charge in [0, 0.05) is 11.3 Å². The Hall–Kier alpha value is -3.35. The van der Waals surface area contributed by atoms with E-state index in [1.165, 1.54) is 6.33 Å². The van der Waals surface area contributed by atoms with Gasteiger partial charge in [0.15, 0.2) is 6.17 Å². The average molecular weight is 334 g/mol. The number of benzene rings is 2. The number of hydrogen-bond acceptors (Lipinski definition) is 6. The summed E-state index contributed by atoms with van der Waals surface area (Å²) in [5.74, 6) is 1.47. The minimum atomic E-state index is -0.198. The molecule has 2 aromatic carbocycles. The lowest BCUT2D eigenvalue weighted by Gasteiger charge is -2.21. The molecule has 2 heterocycles. The molecule has 1 aromatic heterocycles. The molecule has 0 aliphatic carbocycles. The van der Waals surface area contributed by atoms with Crippen molar-refractivity contribution in [3.63, 3.8) is 0 Å². The third kappa shape index (κ3) is 2.80. The Morgan fingerprint density at radius 2 is 2.16 bits per heavy atom. The topological polar surface area (TPSA) is 76.4 Å². The maximum atomic E-state index is 5.49. The Morgan fingerprint density at radius 1 is 1.28 bits per heavy atom. The lowest BCUT2D eigenvalue weighted by Crippen LogP contribution is -2.27. The number of nitrogens with zero attached hydrogens (tertiary/aromatic N) is 4. The van der Waals surface area contributed by atoms with E-state index in [1.54, 1.807) is 18.0 Å². The molecule has 0 amide bonds. The summed E-state index contributed by atoms with van der Waals surface area (Å²) >= 11 is 0. The van der Waals surface area contributed by atoms with Gasteiger partial charge in [-0.25, -0.2) is 4.68 Å². The van der Waals surface area contributed by atoms with Crippen molar-refractivity contribution < 1.29 is 4.74 Å². The van der Waals surface area contributed by atoms with Gasteiger partial charge in [0.05, 0.1) is 13.3 Å². The van der Waals surface area contributed by atoms with Gasteiger partial charge in [0.1, 0.15) is 12.1 Å². The van der Waals surface area contributed by atoms with E-state index < -0.39 is 0 Å². The number of rotatable bonds is 4. The smallest absolute Gasteiger partial charge is 0.227 e. The molecule has 0 fully saturated rings. The molecule has 126 valence electrons. The second kappa shape index (κ2) is 6.27. The van der Waals surface area contributed by atoms with Crippen LogP contribution in [0, 0.1) is 0 Å². The number of allylic oxidation sites excluding steroid dienone is 1. The molecule has 7 heteroatoms. The first kappa shape index (κ1) is 15.2. The van der Waals surface area contributed by atoms with Gasteiger partial charge < -0.3 is 10.1 Å². The van der Waals surface area contributed by atoms with Gasteiger partial charge in [-0.1, -0.05) is 30.3 Å². The average Bonchev–Trinajstić information content (AvgIpc) is 3.10. The second-order valence-electron chi connectivity index (χ2n) is 5.74. The summed E-state index contributed by atoms with van der Waals surface area (Å²) in [6.07, 6.45) is 5.10. The quantitative estimate of drug-likeness (QED) is 0.567. The van der Waals surface area contributed by atoms with Crippen LogP contribution in [0.25, 0.3) is 10.8 Å². The molecule has 25 heavy (non-hydrogen) atoms. The van der Waals surface area contributed by atoms with Gasteiger partial charge in [-0.15, -0.1) is 0 Å². The lowest BCUT2D eigenvalue weighted by molar-refractivity contribution is 0.414. The Bertz CT molecular complexity index is 975. The number of nitrogens with one attached hydrogen (secondary N) is 2. The standard InChI is InChI=1S/C18H18N6O/c1-12-9-17(24-18(22-12)19-11-21-24)23-20-10-15-14-6-4-3-5-13(14)7-8-16(15)25-2/h3-11,17,23H,1-2H3,(H,19,21,22). The molecule has 3 aromatic rings. The SMILES string of the molecule is COc1ccc2ccccc2c1C=NNC1C=C(C)Nc2ncnn21. The Morgan fingerprint density at radius 3 is 3.04 bits per heavy atom. The number of hydrogen-bond donors (Lipinski definition) is 2. The van der Waals surface area contributed by atoms with Crippen LogP contribution in [0.5, 0.6) is 5.75 Å². The highest BCUT2D eigenvalue weighted by Gasteiger charge is 2.18. The van der Waals surface area contributed by atoms with Crippen LogP contribution in [0.2, 0.25) is 0 Å². The summed E-state index contributed by atoms with van der Waals surface area (Å²) in [7, 11) is 1.66. The Kier molecular flexibility index (Phi) is 3.81. The summed E-state index contributed by atoms with van der Waals surface area (Å²) in [5, 5.41) is 14.0. The van der Waals surface area contributed by atoms with E-state index in [4.69, 9.17) is 4.74 Å². The number of hydrazone groups is 1. The van der Waals surface area contributed by atoms with E-state index >= 15 is 0 Å². The summed E-state index contributed by atoms with van der Waals surface area (Å²) in [6.45, 7) is 1.98. The van der Waals surface area contributed by atoms with Crippen molar-refractivity contribution in [2.24, 2.45) is 5.10 Å². The highest BCUT2D eigenvalue weighted by atomic mass is 16.5. The molecule has 0 spiro atoms. The first-order chi connectivity index (χ1) is 12.3. The maximum absolute atomic E-state index is 5.49. The summed E-state index contributed by atoms with van der Waals surface area (Å²) < 4.78 is 7.23. The summed E-state index contributed by atoms with van der Waals surface area (Å²) in [4.78, 5) is 4.18. The third-order valence-corrected chi connectivity index (χ3v) is 4.10. The predicted octanol–water partition coefficient (Wildman–Crippen LogP) is 2.89. The van der Waals surface area contributed by atoms with Crippen LogP contribution in [-0.2, 0) is 0 Å². The zero-order valence-corrected chi connectivity index (χ0v) is 14.0. The van der Waals surface area contributed by atoms with Crippen molar-refractivity contribution >= 4 is 22.9 Å². The number of anilines is 1. The van der Waals surface area contributed by atoms with Crippen LogP contribution in [0.4, 0.5) is 5.95 Å². The monoisotopic (exact) mass is 334 g/mol. The van der Waals surface area contributed by atoms with E-state index in [-0.39, 0.29) is 6.17 Å². The third-order valence-electron chi connectivity index (χ3n) is 4.10. The van der Waals surface area contributed by atoms with Crippen molar-refractivity contribution in [3.8, 4) is 5.75 Å². The fourth-order valence-corrected chi connectivity index (χ4v) is 2.93. The predicted molar refractivity (Wildman–Crippen MR) is 97.7 cm³/mol. The molecule has 2 N–H and O–H groups in total. The second-order valence-corrected chi connectivity index (χ2v) is 5.74. The molecule has 1 aliphatic rings. The van der Waals surface area contributed by atoms with Gasteiger partial charge in [-0.3, -0.25) is 5.43 Å². The number of methoxy groups -OCH3 is 1. The van der Waals surface area contributed by atoms with Crippen LogP contribution in [0.15, 0.2) is 59.6 Å². The van der Waals surface area contributed by atoms with Crippen LogP contribution in [0.3, 0.4) is 0 Å². The van der Waals surface area contributed by atoms with Crippen molar-refractivity contribution in [2.45, 2.75) is 13.1 Å². The van der Waals surface area contributed by atoms with E-state index in [0.29, 0.717) is 5.95 Å². The summed E-state index contributed by atoms with van der Waals surface area (Å²) in [6, 6.07) is 12.1. The number of aromatic nitrogens is 3. The minimum Gasteiger partial charge on any atom is -0.496 e. The van der Waals surface area contributed by atoms with Crippen molar-refractivity contribution in [2.75, 3.05) is 12.4 Å². The van der Waals surface area contributed by atoms with Gasteiger partial charge in [0.2, 0.25) is 5.95 Å². The lowest BCUT2D eigenvalue weighted by atomic mass is 10.0. The van der Waals surface area contributed by atoms with Crippen LogP contribution < -0.4 is 15.5 Å².